The lowest BCUT2D eigenvalue weighted by Crippen LogP contribution is -2.49. The van der Waals surface area contributed by atoms with Gasteiger partial charge >= 0.3 is 0 Å². The summed E-state index contributed by atoms with van der Waals surface area (Å²) in [4.78, 5) is 39.3. The molecule has 0 spiro atoms. The van der Waals surface area contributed by atoms with Gasteiger partial charge in [-0.05, 0) is 43.3 Å². The van der Waals surface area contributed by atoms with Crippen molar-refractivity contribution in [3.63, 3.8) is 0 Å². The van der Waals surface area contributed by atoms with E-state index in [1.807, 2.05) is 38.1 Å². The van der Waals surface area contributed by atoms with Crippen molar-refractivity contribution in [3.8, 4) is 0 Å². The zero-order valence-electron chi connectivity index (χ0n) is 15.8. The summed E-state index contributed by atoms with van der Waals surface area (Å²) >= 11 is 1.32. The van der Waals surface area contributed by atoms with Gasteiger partial charge < -0.3 is 15.5 Å². The van der Waals surface area contributed by atoms with Crippen LogP contribution in [0.5, 0.6) is 0 Å². The second kappa shape index (κ2) is 9.87. The van der Waals surface area contributed by atoms with Gasteiger partial charge in [-0.25, -0.2) is 0 Å². The van der Waals surface area contributed by atoms with E-state index in [0.717, 1.165) is 17.7 Å². The number of thiophene rings is 1. The molecular weight excluding hydrogens is 362 g/mol. The molecule has 2 rings (SSSR count). The third-order valence-corrected chi connectivity index (χ3v) is 4.89. The van der Waals surface area contributed by atoms with E-state index in [1.165, 1.54) is 16.2 Å². The summed E-state index contributed by atoms with van der Waals surface area (Å²) in [6, 6.07) is 10.3. The van der Waals surface area contributed by atoms with Gasteiger partial charge in [0.15, 0.2) is 0 Å². The van der Waals surface area contributed by atoms with Crippen LogP contribution in [0.2, 0.25) is 0 Å². The Bertz CT molecular complexity index is 790. The zero-order valence-corrected chi connectivity index (χ0v) is 16.6. The lowest BCUT2D eigenvalue weighted by molar-refractivity contribution is -0.136. The van der Waals surface area contributed by atoms with E-state index in [0.29, 0.717) is 11.4 Å². The lowest BCUT2D eigenvalue weighted by atomic mass is 10.2. The van der Waals surface area contributed by atoms with Crippen molar-refractivity contribution in [3.05, 3.63) is 52.2 Å². The summed E-state index contributed by atoms with van der Waals surface area (Å²) in [6.07, 6.45) is 0.717. The minimum absolute atomic E-state index is 0.0553. The fourth-order valence-corrected chi connectivity index (χ4v) is 3.25. The average molecular weight is 388 g/mol. The maximum Gasteiger partial charge on any atom is 0.261 e. The van der Waals surface area contributed by atoms with Crippen LogP contribution < -0.4 is 10.6 Å². The molecule has 3 amide bonds. The summed E-state index contributed by atoms with van der Waals surface area (Å²) in [6.45, 7) is 5.87. The van der Waals surface area contributed by atoms with Crippen molar-refractivity contribution < 1.29 is 14.4 Å². The Morgan fingerprint density at radius 2 is 1.89 bits per heavy atom. The van der Waals surface area contributed by atoms with Crippen LogP contribution in [-0.4, -0.2) is 41.8 Å². The number of amides is 3. The van der Waals surface area contributed by atoms with Gasteiger partial charge in [0, 0.05) is 12.2 Å². The van der Waals surface area contributed by atoms with E-state index >= 15 is 0 Å². The number of carbonyl (C=O) groups excluding carboxylic acids is 3. The number of para-hydroxylation sites is 1. The second-order valence-electron chi connectivity index (χ2n) is 6.30. The molecular formula is C20H25N3O3S. The number of rotatable bonds is 8. The summed E-state index contributed by atoms with van der Waals surface area (Å²) in [7, 11) is 0. The van der Waals surface area contributed by atoms with Gasteiger partial charge in [0.25, 0.3) is 5.91 Å². The van der Waals surface area contributed by atoms with Crippen molar-refractivity contribution in [2.75, 3.05) is 18.4 Å². The number of nitrogens with one attached hydrogen (secondary N) is 2. The first kappa shape index (κ1) is 20.6. The first-order valence-electron chi connectivity index (χ1n) is 8.91. The Hall–Kier alpha value is -2.67. The predicted molar refractivity (Wildman–Crippen MR) is 108 cm³/mol. The van der Waals surface area contributed by atoms with Gasteiger partial charge in [-0.1, -0.05) is 31.2 Å². The molecule has 0 saturated carbocycles. The molecule has 0 radical (unpaired) electrons. The molecule has 2 N–H and O–H groups in total. The van der Waals surface area contributed by atoms with Crippen molar-refractivity contribution >= 4 is 34.7 Å². The van der Waals surface area contributed by atoms with Crippen LogP contribution in [0, 0.1) is 6.92 Å². The Balaban J connectivity index is 1.98. The lowest BCUT2D eigenvalue weighted by Gasteiger charge is -2.25. The van der Waals surface area contributed by atoms with Crippen molar-refractivity contribution in [1.29, 1.82) is 0 Å². The highest BCUT2D eigenvalue weighted by molar-refractivity contribution is 7.12. The summed E-state index contributed by atoms with van der Waals surface area (Å²) in [5.74, 6) is -0.823. The normalized spacial score (nSPS) is 11.5. The van der Waals surface area contributed by atoms with Crippen molar-refractivity contribution in [2.45, 2.75) is 33.2 Å². The highest BCUT2D eigenvalue weighted by atomic mass is 32.1. The van der Waals surface area contributed by atoms with Crippen LogP contribution in [0.25, 0.3) is 0 Å². The minimum atomic E-state index is -0.711. The third-order valence-electron chi connectivity index (χ3n) is 4.02. The molecule has 1 heterocycles. The maximum absolute atomic E-state index is 12.7. The molecule has 1 unspecified atom stereocenters. The van der Waals surface area contributed by atoms with E-state index in [4.69, 9.17) is 0 Å². The predicted octanol–water partition coefficient (Wildman–Crippen LogP) is 3.05. The number of anilines is 1. The van der Waals surface area contributed by atoms with Gasteiger partial charge in [-0.15, -0.1) is 11.3 Å². The zero-order chi connectivity index (χ0) is 19.8. The quantitative estimate of drug-likeness (QED) is 0.731. The molecule has 1 aromatic carbocycles. The Kier molecular flexibility index (Phi) is 7.55. The molecule has 27 heavy (non-hydrogen) atoms. The molecule has 1 aromatic heterocycles. The Labute approximate surface area is 163 Å². The molecule has 0 aliphatic carbocycles. The van der Waals surface area contributed by atoms with Crippen LogP contribution in [0.4, 0.5) is 5.69 Å². The monoisotopic (exact) mass is 387 g/mol. The fourth-order valence-electron chi connectivity index (χ4n) is 2.62. The average Bonchev–Trinajstić information content (AvgIpc) is 3.17. The first-order valence-corrected chi connectivity index (χ1v) is 9.79. The van der Waals surface area contributed by atoms with E-state index in [2.05, 4.69) is 10.6 Å². The minimum Gasteiger partial charge on any atom is -0.340 e. The highest BCUT2D eigenvalue weighted by Crippen LogP contribution is 2.13. The van der Waals surface area contributed by atoms with Gasteiger partial charge in [-0.2, -0.15) is 0 Å². The molecule has 0 aliphatic heterocycles. The van der Waals surface area contributed by atoms with Crippen molar-refractivity contribution in [1.82, 2.24) is 10.2 Å². The van der Waals surface area contributed by atoms with Crippen LogP contribution in [-0.2, 0) is 9.59 Å². The molecule has 144 valence electrons. The second-order valence-corrected chi connectivity index (χ2v) is 7.24. The maximum atomic E-state index is 12.7. The van der Waals surface area contributed by atoms with Gasteiger partial charge in [-0.3, -0.25) is 14.4 Å². The molecule has 1 atom stereocenters. The number of aryl methyl sites for hydroxylation is 1. The summed E-state index contributed by atoms with van der Waals surface area (Å²) < 4.78 is 0. The number of hydrogen-bond acceptors (Lipinski definition) is 4. The number of hydrogen-bond donors (Lipinski definition) is 2. The van der Waals surface area contributed by atoms with Gasteiger partial charge in [0.05, 0.1) is 11.4 Å². The van der Waals surface area contributed by atoms with E-state index in [1.54, 1.807) is 24.4 Å². The molecule has 0 bridgehead atoms. The Morgan fingerprint density at radius 3 is 2.52 bits per heavy atom. The van der Waals surface area contributed by atoms with Crippen LogP contribution >= 0.6 is 11.3 Å². The molecule has 6 nitrogen and oxygen atoms in total. The van der Waals surface area contributed by atoms with Crippen molar-refractivity contribution in [2.24, 2.45) is 0 Å². The third kappa shape index (κ3) is 5.92. The molecule has 0 aliphatic rings. The number of benzene rings is 1. The van der Waals surface area contributed by atoms with Gasteiger partial charge in [0.1, 0.15) is 6.04 Å². The van der Waals surface area contributed by atoms with Crippen LogP contribution in [0.15, 0.2) is 41.8 Å². The molecule has 0 fully saturated rings. The summed E-state index contributed by atoms with van der Waals surface area (Å²) in [5, 5.41) is 7.35. The smallest absolute Gasteiger partial charge is 0.261 e. The van der Waals surface area contributed by atoms with Gasteiger partial charge in [0.2, 0.25) is 11.8 Å². The van der Waals surface area contributed by atoms with E-state index in [9.17, 15) is 14.4 Å². The van der Waals surface area contributed by atoms with Crippen LogP contribution in [0.3, 0.4) is 0 Å². The topological polar surface area (TPSA) is 78.5 Å². The first-order chi connectivity index (χ1) is 12.9. The Morgan fingerprint density at radius 1 is 1.15 bits per heavy atom. The fraction of sp³-hybridized carbons (Fsp3) is 0.350. The highest BCUT2D eigenvalue weighted by Gasteiger charge is 2.24. The van der Waals surface area contributed by atoms with E-state index < -0.39 is 6.04 Å². The van der Waals surface area contributed by atoms with E-state index in [-0.39, 0.29) is 24.3 Å². The summed E-state index contributed by atoms with van der Waals surface area (Å²) in [5.41, 5.74) is 1.68. The van der Waals surface area contributed by atoms with Crippen LogP contribution in [0.1, 0.15) is 35.5 Å². The molecule has 0 saturated heterocycles. The number of nitrogens with zero attached hydrogens (tertiary/aromatic N) is 1. The largest absolute Gasteiger partial charge is 0.340 e. The molecule has 7 heteroatoms. The SMILES string of the molecule is CCCN(CC(=O)Nc1ccccc1C)C(=O)C(C)NC(=O)c1cccs1. The molecule has 2 aromatic rings. The standard InChI is InChI=1S/C20H25N3O3S/c1-4-11-23(13-18(24)22-16-9-6-5-8-14(16)2)20(26)15(3)21-19(25)17-10-7-12-27-17/h5-10,12,15H,4,11,13H2,1-3H3,(H,21,25)(H,22,24). The number of carbonyl (C=O) groups is 3.